The Balaban J connectivity index is 1.84. The molecule has 1 heterocycles. The first-order valence-electron chi connectivity index (χ1n) is 7.93. The van der Waals surface area contributed by atoms with Gasteiger partial charge < -0.3 is 15.5 Å². The lowest BCUT2D eigenvalue weighted by atomic mass is 10.0. The average molecular weight is 352 g/mol. The summed E-state index contributed by atoms with van der Waals surface area (Å²) < 4.78 is 0. The molecular weight excluding hydrogens is 330 g/mol. The molecule has 0 radical (unpaired) electrons. The van der Waals surface area contributed by atoms with E-state index >= 15 is 0 Å². The van der Waals surface area contributed by atoms with Crippen LogP contribution in [0, 0.1) is 5.92 Å². The summed E-state index contributed by atoms with van der Waals surface area (Å²) in [4.78, 5) is 29.3. The highest BCUT2D eigenvalue weighted by Crippen LogP contribution is 2.18. The highest BCUT2D eigenvalue weighted by molar-refractivity contribution is 6.30. The highest BCUT2D eigenvalue weighted by Gasteiger charge is 2.30. The van der Waals surface area contributed by atoms with Gasteiger partial charge in [0.15, 0.2) is 0 Å². The van der Waals surface area contributed by atoms with Crippen molar-refractivity contribution in [3.8, 4) is 0 Å². The second-order valence-corrected chi connectivity index (χ2v) is 6.65. The first-order chi connectivity index (χ1) is 11.4. The van der Waals surface area contributed by atoms with Crippen LogP contribution in [0.5, 0.6) is 0 Å². The van der Waals surface area contributed by atoms with E-state index in [0.29, 0.717) is 29.6 Å². The van der Waals surface area contributed by atoms with Crippen LogP contribution in [0.4, 0.5) is 0 Å². The van der Waals surface area contributed by atoms with E-state index in [1.807, 2.05) is 26.0 Å². The number of hydrogen-bond acceptors (Lipinski definition) is 4. The summed E-state index contributed by atoms with van der Waals surface area (Å²) >= 11 is 5.86. The summed E-state index contributed by atoms with van der Waals surface area (Å²) in [6, 6.07) is 6.54. The van der Waals surface area contributed by atoms with Gasteiger partial charge in [-0.25, -0.2) is 0 Å². The van der Waals surface area contributed by atoms with E-state index in [1.165, 1.54) is 0 Å². The molecule has 0 saturated heterocycles. The van der Waals surface area contributed by atoms with Crippen molar-refractivity contribution in [2.75, 3.05) is 6.54 Å². The number of halogens is 1. The number of nitrogens with zero attached hydrogens (tertiary/aromatic N) is 1. The van der Waals surface area contributed by atoms with E-state index in [-0.39, 0.29) is 11.8 Å². The molecule has 24 heavy (non-hydrogen) atoms. The maximum absolute atomic E-state index is 12.2. The summed E-state index contributed by atoms with van der Waals surface area (Å²) in [5.74, 6) is -0.214. The number of nitrogens with one attached hydrogen (secondary N) is 2. The van der Waals surface area contributed by atoms with Gasteiger partial charge in [0.25, 0.3) is 5.91 Å². The van der Waals surface area contributed by atoms with Gasteiger partial charge in [-0.1, -0.05) is 42.7 Å². The summed E-state index contributed by atoms with van der Waals surface area (Å²) in [7, 11) is 0. The fourth-order valence-corrected chi connectivity index (χ4v) is 2.29. The molecule has 0 aromatic heterocycles. The van der Waals surface area contributed by atoms with Gasteiger partial charge in [0, 0.05) is 18.0 Å². The lowest BCUT2D eigenvalue weighted by molar-refractivity contribution is -0.135. The monoisotopic (exact) mass is 351 g/mol. The van der Waals surface area contributed by atoms with E-state index in [2.05, 4.69) is 15.8 Å². The van der Waals surface area contributed by atoms with Crippen molar-refractivity contribution in [1.82, 2.24) is 10.6 Å². The average Bonchev–Trinajstić information content (AvgIpc) is 3.03. The van der Waals surface area contributed by atoms with Gasteiger partial charge in [-0.05, 0) is 30.5 Å². The lowest BCUT2D eigenvalue weighted by Gasteiger charge is -2.16. The standard InChI is InChI=1S/C17H22ClN3O3/c1-10(2)9-19-16(22)11(3)20-17(23)15-8-14(21-24-15)12-4-6-13(18)7-5-12/h4-7,10-11,15H,8-9H2,1-3H3,(H,19,22)(H,20,23)/t11-,15-/m1/s1. The highest BCUT2D eigenvalue weighted by atomic mass is 35.5. The minimum absolute atomic E-state index is 0.214. The number of hydrogen-bond donors (Lipinski definition) is 2. The summed E-state index contributed by atoms with van der Waals surface area (Å²) in [6.07, 6.45) is -0.371. The summed E-state index contributed by atoms with van der Waals surface area (Å²) in [5.41, 5.74) is 1.54. The van der Waals surface area contributed by atoms with Crippen LogP contribution in [-0.2, 0) is 14.4 Å². The van der Waals surface area contributed by atoms with Gasteiger partial charge in [0.05, 0.1) is 5.71 Å². The Kier molecular flexibility index (Phi) is 6.20. The molecule has 0 spiro atoms. The molecule has 0 fully saturated rings. The molecule has 0 unspecified atom stereocenters. The Morgan fingerprint density at radius 1 is 1.29 bits per heavy atom. The van der Waals surface area contributed by atoms with Crippen LogP contribution in [0.3, 0.4) is 0 Å². The van der Waals surface area contributed by atoms with Crippen LogP contribution in [0.25, 0.3) is 0 Å². The van der Waals surface area contributed by atoms with Crippen molar-refractivity contribution in [3.63, 3.8) is 0 Å². The molecule has 1 aliphatic rings. The molecule has 0 bridgehead atoms. The Morgan fingerprint density at radius 3 is 2.58 bits per heavy atom. The third-order valence-electron chi connectivity index (χ3n) is 3.58. The van der Waals surface area contributed by atoms with Crippen molar-refractivity contribution in [1.29, 1.82) is 0 Å². The Bertz CT molecular complexity index is 628. The summed E-state index contributed by atoms with van der Waals surface area (Å²) in [5, 5.41) is 10.0. The van der Waals surface area contributed by atoms with E-state index in [0.717, 1.165) is 5.56 Å². The van der Waals surface area contributed by atoms with E-state index in [4.69, 9.17) is 16.4 Å². The van der Waals surface area contributed by atoms with Crippen molar-refractivity contribution < 1.29 is 14.4 Å². The topological polar surface area (TPSA) is 79.8 Å². The lowest BCUT2D eigenvalue weighted by Crippen LogP contribution is -2.48. The fraction of sp³-hybridized carbons (Fsp3) is 0.471. The van der Waals surface area contributed by atoms with Crippen molar-refractivity contribution in [2.24, 2.45) is 11.1 Å². The van der Waals surface area contributed by atoms with Gasteiger partial charge in [-0.3, -0.25) is 9.59 Å². The molecule has 6 nitrogen and oxygen atoms in total. The molecule has 1 aromatic carbocycles. The smallest absolute Gasteiger partial charge is 0.264 e. The Labute approximate surface area is 146 Å². The summed E-state index contributed by atoms with van der Waals surface area (Å²) in [6.45, 7) is 6.23. The van der Waals surface area contributed by atoms with Gasteiger partial charge in [0.1, 0.15) is 6.04 Å². The number of oxime groups is 1. The minimum atomic E-state index is -0.726. The molecule has 7 heteroatoms. The number of carbonyl (C=O) groups excluding carboxylic acids is 2. The number of rotatable bonds is 6. The third-order valence-corrected chi connectivity index (χ3v) is 3.83. The molecule has 2 amide bonds. The predicted molar refractivity (Wildman–Crippen MR) is 92.9 cm³/mol. The van der Waals surface area contributed by atoms with Crippen molar-refractivity contribution in [2.45, 2.75) is 39.3 Å². The zero-order chi connectivity index (χ0) is 17.7. The Morgan fingerprint density at radius 2 is 1.96 bits per heavy atom. The number of carbonyl (C=O) groups is 2. The van der Waals surface area contributed by atoms with E-state index < -0.39 is 12.1 Å². The minimum Gasteiger partial charge on any atom is -0.382 e. The van der Waals surface area contributed by atoms with Gasteiger partial charge in [0.2, 0.25) is 12.0 Å². The van der Waals surface area contributed by atoms with Crippen LogP contribution in [0.2, 0.25) is 5.02 Å². The first kappa shape index (κ1) is 18.3. The van der Waals surface area contributed by atoms with Crippen LogP contribution >= 0.6 is 11.6 Å². The SMILES string of the molecule is CC(C)CNC(=O)[C@@H](C)NC(=O)[C@H]1CC(c2ccc(Cl)cc2)=NO1. The second kappa shape index (κ2) is 8.15. The normalized spacial score (nSPS) is 17.9. The molecular formula is C17H22ClN3O3. The maximum Gasteiger partial charge on any atom is 0.264 e. The largest absolute Gasteiger partial charge is 0.382 e. The molecule has 1 aliphatic heterocycles. The zero-order valence-electron chi connectivity index (χ0n) is 14.0. The van der Waals surface area contributed by atoms with Crippen molar-refractivity contribution >= 4 is 29.1 Å². The Hall–Kier alpha value is -2.08. The molecule has 2 rings (SSSR count). The van der Waals surface area contributed by atoms with E-state index in [9.17, 15) is 9.59 Å². The van der Waals surface area contributed by atoms with E-state index in [1.54, 1.807) is 19.1 Å². The molecule has 0 aliphatic carbocycles. The molecule has 1 aromatic rings. The van der Waals surface area contributed by atoms with Crippen LogP contribution in [0.15, 0.2) is 29.4 Å². The fourth-order valence-electron chi connectivity index (χ4n) is 2.16. The molecule has 0 saturated carbocycles. The molecule has 2 N–H and O–H groups in total. The number of benzene rings is 1. The predicted octanol–water partition coefficient (Wildman–Crippen LogP) is 2.11. The van der Waals surface area contributed by atoms with Gasteiger partial charge in [-0.15, -0.1) is 0 Å². The van der Waals surface area contributed by atoms with Gasteiger partial charge in [-0.2, -0.15) is 0 Å². The van der Waals surface area contributed by atoms with Crippen molar-refractivity contribution in [3.05, 3.63) is 34.9 Å². The zero-order valence-corrected chi connectivity index (χ0v) is 14.8. The first-order valence-corrected chi connectivity index (χ1v) is 8.31. The quantitative estimate of drug-likeness (QED) is 0.823. The third kappa shape index (κ3) is 4.96. The van der Waals surface area contributed by atoms with Crippen LogP contribution in [-0.4, -0.2) is 36.2 Å². The second-order valence-electron chi connectivity index (χ2n) is 6.21. The number of amides is 2. The van der Waals surface area contributed by atoms with Crippen LogP contribution < -0.4 is 10.6 Å². The van der Waals surface area contributed by atoms with Crippen LogP contribution in [0.1, 0.15) is 32.8 Å². The maximum atomic E-state index is 12.2. The molecule has 2 atom stereocenters. The van der Waals surface area contributed by atoms with Gasteiger partial charge >= 0.3 is 0 Å². The molecule has 130 valence electrons.